The number of likely N-dealkylation sites (N-methyl/N-ethyl adjacent to an activating group) is 1. The molecule has 0 atom stereocenters. The van der Waals surface area contributed by atoms with Gasteiger partial charge in [-0.15, -0.1) is 0 Å². The highest BCUT2D eigenvalue weighted by Crippen LogP contribution is 2.09. The molecule has 0 saturated heterocycles. The van der Waals surface area contributed by atoms with Crippen molar-refractivity contribution in [2.24, 2.45) is 0 Å². The topological polar surface area (TPSA) is 54.3 Å². The summed E-state index contributed by atoms with van der Waals surface area (Å²) in [4.78, 5) is 25.5. The van der Waals surface area contributed by atoms with Crippen LogP contribution in [0, 0.1) is 6.92 Å². The SMILES string of the molecule is Cc1csc(=O)n1CCC(=O)NCCN(C)c1ccccc1. The largest absolute Gasteiger partial charge is 0.373 e. The molecule has 1 N–H and O–H groups in total. The molecule has 0 aliphatic heterocycles. The van der Waals surface area contributed by atoms with E-state index in [-0.39, 0.29) is 10.8 Å². The summed E-state index contributed by atoms with van der Waals surface area (Å²) in [5.41, 5.74) is 2.03. The van der Waals surface area contributed by atoms with Crippen molar-refractivity contribution in [2.75, 3.05) is 25.0 Å². The van der Waals surface area contributed by atoms with Crippen LogP contribution in [-0.2, 0) is 11.3 Å². The monoisotopic (exact) mass is 319 g/mol. The molecule has 0 aliphatic rings. The van der Waals surface area contributed by atoms with Crippen molar-refractivity contribution in [3.05, 3.63) is 51.1 Å². The second-order valence-electron chi connectivity index (χ2n) is 5.15. The van der Waals surface area contributed by atoms with E-state index in [1.807, 2.05) is 49.7 Å². The third kappa shape index (κ3) is 4.46. The maximum atomic E-state index is 11.8. The van der Waals surface area contributed by atoms with E-state index in [2.05, 4.69) is 10.2 Å². The van der Waals surface area contributed by atoms with Gasteiger partial charge in [0.2, 0.25) is 5.91 Å². The van der Waals surface area contributed by atoms with Crippen molar-refractivity contribution in [1.82, 2.24) is 9.88 Å². The number of carbonyl (C=O) groups excluding carboxylic acids is 1. The van der Waals surface area contributed by atoms with Gasteiger partial charge in [0.25, 0.3) is 0 Å². The van der Waals surface area contributed by atoms with Crippen molar-refractivity contribution >= 4 is 22.9 Å². The predicted octanol–water partition coefficient (Wildman–Crippen LogP) is 1.86. The van der Waals surface area contributed by atoms with Gasteiger partial charge in [0.15, 0.2) is 0 Å². The van der Waals surface area contributed by atoms with E-state index in [1.54, 1.807) is 4.57 Å². The van der Waals surface area contributed by atoms with Crippen LogP contribution in [0.4, 0.5) is 5.69 Å². The number of nitrogens with one attached hydrogen (secondary N) is 1. The molecule has 0 unspecified atom stereocenters. The molecule has 0 radical (unpaired) electrons. The summed E-state index contributed by atoms with van der Waals surface area (Å²) in [6, 6.07) is 10.0. The summed E-state index contributed by atoms with van der Waals surface area (Å²) in [5, 5.41) is 4.71. The van der Waals surface area contributed by atoms with E-state index in [0.29, 0.717) is 19.5 Å². The molecule has 0 bridgehead atoms. The Hall–Kier alpha value is -2.08. The molecule has 5 nitrogen and oxygen atoms in total. The average molecular weight is 319 g/mol. The lowest BCUT2D eigenvalue weighted by atomic mass is 10.3. The Balaban J connectivity index is 1.71. The Bertz CT molecular complexity index is 664. The van der Waals surface area contributed by atoms with Gasteiger partial charge in [-0.1, -0.05) is 29.5 Å². The van der Waals surface area contributed by atoms with E-state index < -0.39 is 0 Å². The number of benzene rings is 1. The highest BCUT2D eigenvalue weighted by Gasteiger charge is 2.06. The number of hydrogen-bond acceptors (Lipinski definition) is 4. The average Bonchev–Trinajstić information content (AvgIpc) is 2.84. The molecular formula is C16H21N3O2S. The van der Waals surface area contributed by atoms with Gasteiger partial charge in [0, 0.05) is 49.9 Å². The molecule has 1 heterocycles. The van der Waals surface area contributed by atoms with Crippen LogP contribution in [0.1, 0.15) is 12.1 Å². The van der Waals surface area contributed by atoms with Crippen LogP contribution in [0.25, 0.3) is 0 Å². The molecule has 118 valence electrons. The Morgan fingerprint density at radius 3 is 2.68 bits per heavy atom. The van der Waals surface area contributed by atoms with Crippen LogP contribution < -0.4 is 15.1 Å². The van der Waals surface area contributed by atoms with Gasteiger partial charge in [-0.2, -0.15) is 0 Å². The number of thiazole rings is 1. The smallest absolute Gasteiger partial charge is 0.307 e. The lowest BCUT2D eigenvalue weighted by Gasteiger charge is -2.19. The molecule has 0 fully saturated rings. The lowest BCUT2D eigenvalue weighted by molar-refractivity contribution is -0.121. The van der Waals surface area contributed by atoms with Crippen molar-refractivity contribution in [3.63, 3.8) is 0 Å². The number of rotatable bonds is 7. The summed E-state index contributed by atoms with van der Waals surface area (Å²) in [5.74, 6) is -0.0287. The second-order valence-corrected chi connectivity index (χ2v) is 5.97. The fourth-order valence-electron chi connectivity index (χ4n) is 2.15. The quantitative estimate of drug-likeness (QED) is 0.847. The van der Waals surface area contributed by atoms with Gasteiger partial charge in [-0.25, -0.2) is 0 Å². The van der Waals surface area contributed by atoms with Gasteiger partial charge in [0.1, 0.15) is 0 Å². The number of nitrogens with zero attached hydrogens (tertiary/aromatic N) is 2. The standard InChI is InChI=1S/C16H21N3O2S/c1-13-12-22-16(21)19(13)10-8-15(20)17-9-11-18(2)14-6-4-3-5-7-14/h3-7,12H,8-11H2,1-2H3,(H,17,20). The van der Waals surface area contributed by atoms with Crippen LogP contribution >= 0.6 is 11.3 Å². The summed E-state index contributed by atoms with van der Waals surface area (Å²) < 4.78 is 1.64. The molecule has 6 heteroatoms. The van der Waals surface area contributed by atoms with Crippen LogP contribution in [-0.4, -0.2) is 30.6 Å². The van der Waals surface area contributed by atoms with Gasteiger partial charge in [-0.05, 0) is 19.1 Å². The Kier molecular flexibility index (Phi) is 5.77. The minimum absolute atomic E-state index is 0.00545. The lowest BCUT2D eigenvalue weighted by Crippen LogP contribution is -2.33. The summed E-state index contributed by atoms with van der Waals surface area (Å²) in [6.45, 7) is 3.65. The number of aryl methyl sites for hydroxylation is 1. The van der Waals surface area contributed by atoms with Crippen LogP contribution in [0.5, 0.6) is 0 Å². The van der Waals surface area contributed by atoms with Crippen molar-refractivity contribution in [3.8, 4) is 0 Å². The molecule has 1 aromatic carbocycles. The Labute approximate surface area is 134 Å². The summed E-state index contributed by atoms with van der Waals surface area (Å²) >= 11 is 1.17. The van der Waals surface area contributed by atoms with Crippen LogP contribution in [0.2, 0.25) is 0 Å². The van der Waals surface area contributed by atoms with E-state index in [1.165, 1.54) is 11.3 Å². The number of anilines is 1. The fourth-order valence-corrected chi connectivity index (χ4v) is 2.91. The number of aromatic nitrogens is 1. The van der Waals surface area contributed by atoms with Gasteiger partial charge >= 0.3 is 4.87 Å². The second kappa shape index (κ2) is 7.79. The number of carbonyl (C=O) groups is 1. The first-order valence-electron chi connectivity index (χ1n) is 7.26. The third-order valence-electron chi connectivity index (χ3n) is 3.51. The zero-order valence-corrected chi connectivity index (χ0v) is 13.7. The van der Waals surface area contributed by atoms with E-state index in [4.69, 9.17) is 0 Å². The van der Waals surface area contributed by atoms with E-state index in [9.17, 15) is 9.59 Å². The van der Waals surface area contributed by atoms with Gasteiger partial charge in [-0.3, -0.25) is 9.59 Å². The van der Waals surface area contributed by atoms with Gasteiger partial charge < -0.3 is 14.8 Å². The molecule has 22 heavy (non-hydrogen) atoms. The first-order chi connectivity index (χ1) is 10.6. The number of para-hydroxylation sites is 1. The normalized spacial score (nSPS) is 10.5. The van der Waals surface area contributed by atoms with Crippen molar-refractivity contribution in [2.45, 2.75) is 19.9 Å². The highest BCUT2D eigenvalue weighted by atomic mass is 32.1. The van der Waals surface area contributed by atoms with E-state index in [0.717, 1.165) is 17.9 Å². The van der Waals surface area contributed by atoms with Gasteiger partial charge in [0.05, 0.1) is 0 Å². The fraction of sp³-hybridized carbons (Fsp3) is 0.375. The summed E-state index contributed by atoms with van der Waals surface area (Å²) in [6.07, 6.45) is 0.326. The molecule has 1 aromatic heterocycles. The first-order valence-corrected chi connectivity index (χ1v) is 8.13. The molecule has 0 aliphatic carbocycles. The Morgan fingerprint density at radius 2 is 2.05 bits per heavy atom. The Morgan fingerprint density at radius 1 is 1.32 bits per heavy atom. The summed E-state index contributed by atoms with van der Waals surface area (Å²) in [7, 11) is 2.00. The highest BCUT2D eigenvalue weighted by molar-refractivity contribution is 7.07. The minimum atomic E-state index is -0.0287. The first kappa shape index (κ1) is 16.3. The zero-order valence-electron chi connectivity index (χ0n) is 12.9. The maximum absolute atomic E-state index is 11.8. The predicted molar refractivity (Wildman–Crippen MR) is 90.7 cm³/mol. The number of amides is 1. The van der Waals surface area contributed by atoms with Crippen LogP contribution in [0.3, 0.4) is 0 Å². The molecule has 1 amide bonds. The molecular weight excluding hydrogens is 298 g/mol. The molecule has 0 saturated carbocycles. The molecule has 2 aromatic rings. The van der Waals surface area contributed by atoms with E-state index >= 15 is 0 Å². The van der Waals surface area contributed by atoms with Crippen LogP contribution in [0.15, 0.2) is 40.5 Å². The third-order valence-corrected chi connectivity index (χ3v) is 4.39. The molecule has 0 spiro atoms. The zero-order chi connectivity index (χ0) is 15.9. The number of hydrogen-bond donors (Lipinski definition) is 1. The maximum Gasteiger partial charge on any atom is 0.307 e. The molecule has 2 rings (SSSR count). The minimum Gasteiger partial charge on any atom is -0.373 e. The van der Waals surface area contributed by atoms with Crippen molar-refractivity contribution in [1.29, 1.82) is 0 Å². The van der Waals surface area contributed by atoms with Crippen molar-refractivity contribution < 1.29 is 4.79 Å².